The second-order valence-corrected chi connectivity index (χ2v) is 5.96. The Morgan fingerprint density at radius 2 is 1.88 bits per heavy atom. The van der Waals surface area contributed by atoms with Crippen LogP contribution in [-0.2, 0) is 6.42 Å². The quantitative estimate of drug-likeness (QED) is 0.642. The van der Waals surface area contributed by atoms with Gasteiger partial charge >= 0.3 is 0 Å². The van der Waals surface area contributed by atoms with Crippen molar-refractivity contribution >= 4 is 10.9 Å². The number of aromatic nitrogens is 1. The number of unbranched alkanes of at least 4 members (excludes halogenated alkanes) is 1. The zero-order valence-electron chi connectivity index (χ0n) is 14.0. The fourth-order valence-electron chi connectivity index (χ4n) is 2.80. The van der Waals surface area contributed by atoms with Crippen LogP contribution >= 0.6 is 0 Å². The van der Waals surface area contributed by atoms with Crippen molar-refractivity contribution in [3.63, 3.8) is 0 Å². The normalized spacial score (nSPS) is 12.2. The average molecular weight is 321 g/mol. The van der Waals surface area contributed by atoms with Gasteiger partial charge in [0.05, 0.1) is 12.7 Å². The summed E-state index contributed by atoms with van der Waals surface area (Å²) in [5.74, 6) is 0.802. The number of hydrogen-bond donors (Lipinski definition) is 1. The van der Waals surface area contributed by atoms with E-state index >= 15 is 0 Å². The first-order valence-corrected chi connectivity index (χ1v) is 8.52. The monoisotopic (exact) mass is 321 g/mol. The second kappa shape index (κ2) is 7.93. The Morgan fingerprint density at radius 3 is 2.67 bits per heavy atom. The average Bonchev–Trinajstić information content (AvgIpc) is 2.64. The zero-order chi connectivity index (χ0) is 16.8. The maximum Gasteiger partial charge on any atom is 0.148 e. The number of rotatable bonds is 7. The molecule has 1 aromatic heterocycles. The number of ether oxygens (including phenoxy) is 1. The zero-order valence-corrected chi connectivity index (χ0v) is 14.0. The first-order valence-electron chi connectivity index (χ1n) is 8.52. The van der Waals surface area contributed by atoms with E-state index in [1.54, 1.807) is 6.20 Å². The smallest absolute Gasteiger partial charge is 0.148 e. The third-order valence-electron chi connectivity index (χ3n) is 4.15. The molecule has 0 saturated heterocycles. The Balaban J connectivity index is 1.92. The van der Waals surface area contributed by atoms with E-state index in [2.05, 4.69) is 11.9 Å². The van der Waals surface area contributed by atoms with Gasteiger partial charge in [0, 0.05) is 18.0 Å². The number of fused-ring (bicyclic) bond motifs is 1. The Bertz CT molecular complexity index is 786. The maximum absolute atomic E-state index is 10.6. The molecule has 0 aliphatic heterocycles. The molecule has 3 aromatic rings. The number of nitrogens with zero attached hydrogens (tertiary/aromatic N) is 1. The minimum atomic E-state index is -0.555. The largest absolute Gasteiger partial charge is 0.491 e. The van der Waals surface area contributed by atoms with Crippen molar-refractivity contribution in [2.75, 3.05) is 6.61 Å². The molecule has 0 amide bonds. The Morgan fingerprint density at radius 1 is 1.04 bits per heavy atom. The van der Waals surface area contributed by atoms with Crippen LogP contribution in [0.5, 0.6) is 5.75 Å². The minimum absolute atomic E-state index is 0.512. The lowest BCUT2D eigenvalue weighted by Crippen LogP contribution is -2.06. The SMILES string of the molecule is CCCCOc1c(CC(O)c2ccccc2)ccc2cccnc12. The van der Waals surface area contributed by atoms with Crippen LogP contribution in [0.4, 0.5) is 0 Å². The fourth-order valence-corrected chi connectivity index (χ4v) is 2.80. The number of aliphatic hydroxyl groups is 1. The fraction of sp³-hybridized carbons (Fsp3) is 0.286. The third kappa shape index (κ3) is 3.74. The highest BCUT2D eigenvalue weighted by Crippen LogP contribution is 2.31. The van der Waals surface area contributed by atoms with Crippen molar-refractivity contribution in [3.05, 3.63) is 71.9 Å². The summed E-state index contributed by atoms with van der Waals surface area (Å²) >= 11 is 0. The standard InChI is InChI=1S/C21H23NO2/c1-2-3-14-24-21-18(12-11-17-10-7-13-22-20(17)21)15-19(23)16-8-5-4-6-9-16/h4-13,19,23H,2-3,14-15H2,1H3. The highest BCUT2D eigenvalue weighted by atomic mass is 16.5. The van der Waals surface area contributed by atoms with Gasteiger partial charge in [0.15, 0.2) is 0 Å². The summed E-state index contributed by atoms with van der Waals surface area (Å²) in [5.41, 5.74) is 2.78. The van der Waals surface area contributed by atoms with Crippen molar-refractivity contribution in [1.29, 1.82) is 0 Å². The van der Waals surface area contributed by atoms with Crippen molar-refractivity contribution in [2.24, 2.45) is 0 Å². The summed E-state index contributed by atoms with van der Waals surface area (Å²) < 4.78 is 6.05. The predicted molar refractivity (Wildman–Crippen MR) is 97.3 cm³/mol. The molecule has 24 heavy (non-hydrogen) atoms. The molecule has 3 heteroatoms. The summed E-state index contributed by atoms with van der Waals surface area (Å²) in [7, 11) is 0. The molecule has 1 N–H and O–H groups in total. The lowest BCUT2D eigenvalue weighted by Gasteiger charge is -2.16. The second-order valence-electron chi connectivity index (χ2n) is 5.96. The molecule has 1 atom stereocenters. The predicted octanol–water partition coefficient (Wildman–Crippen LogP) is 4.69. The molecule has 1 heterocycles. The summed E-state index contributed by atoms with van der Waals surface area (Å²) in [6, 6.07) is 17.8. The summed E-state index contributed by atoms with van der Waals surface area (Å²) in [6.07, 6.45) is 3.83. The van der Waals surface area contributed by atoms with E-state index < -0.39 is 6.10 Å². The van der Waals surface area contributed by atoms with Crippen molar-refractivity contribution < 1.29 is 9.84 Å². The molecule has 124 valence electrons. The lowest BCUT2D eigenvalue weighted by molar-refractivity contribution is 0.176. The molecule has 0 radical (unpaired) electrons. The van der Waals surface area contributed by atoms with E-state index in [-0.39, 0.29) is 0 Å². The van der Waals surface area contributed by atoms with Crippen LogP contribution in [0.25, 0.3) is 10.9 Å². The molecule has 0 fully saturated rings. The number of benzene rings is 2. The van der Waals surface area contributed by atoms with E-state index in [1.165, 1.54) is 0 Å². The van der Waals surface area contributed by atoms with E-state index in [4.69, 9.17) is 4.74 Å². The van der Waals surface area contributed by atoms with Gasteiger partial charge in [-0.15, -0.1) is 0 Å². The molecule has 0 aliphatic rings. The van der Waals surface area contributed by atoms with Crippen LogP contribution in [0.3, 0.4) is 0 Å². The van der Waals surface area contributed by atoms with Crippen LogP contribution in [0.15, 0.2) is 60.8 Å². The van der Waals surface area contributed by atoms with Crippen LogP contribution < -0.4 is 4.74 Å². The van der Waals surface area contributed by atoms with E-state index in [0.717, 1.165) is 40.6 Å². The van der Waals surface area contributed by atoms with Gasteiger partial charge in [0.25, 0.3) is 0 Å². The summed E-state index contributed by atoms with van der Waals surface area (Å²) in [5, 5.41) is 11.6. The molecule has 2 aromatic carbocycles. The molecular formula is C21H23NO2. The van der Waals surface area contributed by atoms with Gasteiger partial charge in [0.1, 0.15) is 11.3 Å². The van der Waals surface area contributed by atoms with Gasteiger partial charge in [-0.05, 0) is 23.6 Å². The molecule has 0 bridgehead atoms. The molecule has 3 rings (SSSR count). The van der Waals surface area contributed by atoms with Gasteiger partial charge < -0.3 is 9.84 Å². The van der Waals surface area contributed by atoms with E-state index in [0.29, 0.717) is 13.0 Å². The van der Waals surface area contributed by atoms with Crippen LogP contribution in [0.1, 0.15) is 37.0 Å². The van der Waals surface area contributed by atoms with E-state index in [1.807, 2.05) is 54.6 Å². The van der Waals surface area contributed by atoms with Crippen molar-refractivity contribution in [2.45, 2.75) is 32.3 Å². The first-order chi connectivity index (χ1) is 11.8. The molecule has 0 aliphatic carbocycles. The summed E-state index contributed by atoms with van der Waals surface area (Å²) in [4.78, 5) is 4.49. The number of hydrogen-bond acceptors (Lipinski definition) is 3. The van der Waals surface area contributed by atoms with Crippen LogP contribution in [0, 0.1) is 0 Å². The molecule has 3 nitrogen and oxygen atoms in total. The highest BCUT2D eigenvalue weighted by molar-refractivity contribution is 5.85. The minimum Gasteiger partial charge on any atom is -0.491 e. The first kappa shape index (κ1) is 16.5. The lowest BCUT2D eigenvalue weighted by atomic mass is 9.99. The Hall–Kier alpha value is -2.39. The molecule has 0 spiro atoms. The number of pyridine rings is 1. The van der Waals surface area contributed by atoms with Crippen molar-refractivity contribution in [3.8, 4) is 5.75 Å². The Labute approximate surface area is 142 Å². The third-order valence-corrected chi connectivity index (χ3v) is 4.15. The molecule has 1 unspecified atom stereocenters. The topological polar surface area (TPSA) is 42.4 Å². The number of aliphatic hydroxyl groups excluding tert-OH is 1. The van der Waals surface area contributed by atoms with E-state index in [9.17, 15) is 5.11 Å². The van der Waals surface area contributed by atoms with Gasteiger partial charge in [-0.25, -0.2) is 0 Å². The molecule has 0 saturated carbocycles. The van der Waals surface area contributed by atoms with Gasteiger partial charge in [-0.2, -0.15) is 0 Å². The van der Waals surface area contributed by atoms with Gasteiger partial charge in [-0.1, -0.05) is 61.9 Å². The maximum atomic E-state index is 10.6. The van der Waals surface area contributed by atoms with Gasteiger partial charge in [0.2, 0.25) is 0 Å². The van der Waals surface area contributed by atoms with Crippen LogP contribution in [-0.4, -0.2) is 16.7 Å². The highest BCUT2D eigenvalue weighted by Gasteiger charge is 2.15. The van der Waals surface area contributed by atoms with Crippen LogP contribution in [0.2, 0.25) is 0 Å². The van der Waals surface area contributed by atoms with Crippen molar-refractivity contribution in [1.82, 2.24) is 4.98 Å². The molecular weight excluding hydrogens is 298 g/mol. The Kier molecular flexibility index (Phi) is 5.44. The van der Waals surface area contributed by atoms with Gasteiger partial charge in [-0.3, -0.25) is 4.98 Å². The summed E-state index contributed by atoms with van der Waals surface area (Å²) in [6.45, 7) is 2.81.